The van der Waals surface area contributed by atoms with Crippen LogP contribution in [0, 0.1) is 11.5 Å². The maximum Gasteiger partial charge on any atom is 0.238 e. The van der Waals surface area contributed by atoms with Crippen LogP contribution in [0.5, 0.6) is 0 Å². The molecule has 0 amide bonds. The fourth-order valence-electron chi connectivity index (χ4n) is 3.23. The van der Waals surface area contributed by atoms with Crippen LogP contribution in [0.2, 0.25) is 0 Å². The van der Waals surface area contributed by atoms with Crippen LogP contribution in [0.15, 0.2) is 59.9 Å². The summed E-state index contributed by atoms with van der Waals surface area (Å²) in [7, 11) is -3.49. The molecule has 190 valence electrons. The largest absolute Gasteiger partial charge is 0.355 e. The lowest BCUT2D eigenvalue weighted by molar-refractivity contribution is -0.0973. The number of nitriles is 1. The van der Waals surface area contributed by atoms with Crippen LogP contribution >= 0.6 is 0 Å². The molecule has 2 N–H and O–H groups in total. The Balaban J connectivity index is 1.64. The van der Waals surface area contributed by atoms with Crippen molar-refractivity contribution in [3.8, 4) is 6.19 Å². The van der Waals surface area contributed by atoms with Crippen LogP contribution in [-0.4, -0.2) is 42.2 Å². The van der Waals surface area contributed by atoms with Crippen LogP contribution in [-0.2, 0) is 21.5 Å². The molecule has 0 saturated heterocycles. The maximum absolute atomic E-state index is 12.7. The molecule has 0 bridgehead atoms. The molecule has 0 aliphatic carbocycles. The van der Waals surface area contributed by atoms with E-state index in [2.05, 4.69) is 20.6 Å². The van der Waals surface area contributed by atoms with Gasteiger partial charge in [-0.1, -0.05) is 60.5 Å². The number of sulfonamides is 1. The summed E-state index contributed by atoms with van der Waals surface area (Å²) in [5.74, 6) is 0.417. The summed E-state index contributed by atoms with van der Waals surface area (Å²) in [4.78, 5) is 13.4. The van der Waals surface area contributed by atoms with Gasteiger partial charge in [-0.25, -0.2) is 8.42 Å². The van der Waals surface area contributed by atoms with E-state index in [1.54, 1.807) is 44.6 Å². The smallest absolute Gasteiger partial charge is 0.238 e. The summed E-state index contributed by atoms with van der Waals surface area (Å²) in [6, 6.07) is 13.2. The first-order valence-corrected chi connectivity index (χ1v) is 13.5. The highest BCUT2D eigenvalue weighted by atomic mass is 32.2. The molecule has 1 heterocycles. The number of nitrogens with one attached hydrogen (secondary N) is 2. The van der Waals surface area contributed by atoms with Crippen molar-refractivity contribution in [3.05, 3.63) is 60.4 Å². The van der Waals surface area contributed by atoms with Gasteiger partial charge < -0.3 is 10.6 Å². The lowest BCUT2D eigenvalue weighted by Gasteiger charge is -2.23. The van der Waals surface area contributed by atoms with Gasteiger partial charge in [-0.2, -0.15) is 5.26 Å². The number of anilines is 1. The molecule has 0 saturated carbocycles. The van der Waals surface area contributed by atoms with Crippen molar-refractivity contribution in [3.63, 3.8) is 0 Å². The second-order valence-corrected chi connectivity index (χ2v) is 10.7. The number of hydroxylamine groups is 1. The zero-order valence-corrected chi connectivity index (χ0v) is 21.4. The molecule has 0 radical (unpaired) electrons. The Hall–Kier alpha value is -3.00. The lowest BCUT2D eigenvalue weighted by Crippen LogP contribution is -2.37. The predicted molar refractivity (Wildman–Crippen MR) is 139 cm³/mol. The molecule has 10 heteroatoms. The molecule has 2 rings (SSSR count). The van der Waals surface area contributed by atoms with Gasteiger partial charge in [0.05, 0.1) is 11.9 Å². The van der Waals surface area contributed by atoms with Crippen LogP contribution < -0.4 is 10.6 Å². The van der Waals surface area contributed by atoms with Crippen molar-refractivity contribution in [1.29, 1.82) is 5.26 Å². The average molecular weight is 501 g/mol. The third-order valence-corrected chi connectivity index (χ3v) is 7.31. The van der Waals surface area contributed by atoms with Crippen molar-refractivity contribution < 1.29 is 13.3 Å². The molecule has 9 nitrogen and oxygen atoms in total. The minimum absolute atomic E-state index is 0.229. The highest BCUT2D eigenvalue weighted by Gasteiger charge is 2.26. The van der Waals surface area contributed by atoms with Crippen molar-refractivity contribution >= 4 is 21.7 Å². The number of benzene rings is 1. The zero-order chi connectivity index (χ0) is 25.4. The summed E-state index contributed by atoms with van der Waals surface area (Å²) in [5.41, 5.74) is 1.74. The molecular weight excluding hydrogens is 464 g/mol. The molecule has 35 heavy (non-hydrogen) atoms. The number of aliphatic imine (C=N–C) groups is 1. The third kappa shape index (κ3) is 10.9. The van der Waals surface area contributed by atoms with Crippen LogP contribution in [0.4, 0.5) is 5.69 Å². The molecule has 0 unspecified atom stereocenters. The Labute approximate surface area is 209 Å². The Morgan fingerprint density at radius 1 is 1.06 bits per heavy atom. The van der Waals surface area contributed by atoms with E-state index in [0.29, 0.717) is 19.0 Å². The monoisotopic (exact) mass is 500 g/mol. The Morgan fingerprint density at radius 2 is 1.71 bits per heavy atom. The Kier molecular flexibility index (Phi) is 12.8. The van der Waals surface area contributed by atoms with E-state index in [-0.39, 0.29) is 6.61 Å². The van der Waals surface area contributed by atoms with Gasteiger partial charge in [0.2, 0.25) is 22.2 Å². The quantitative estimate of drug-likeness (QED) is 0.122. The van der Waals surface area contributed by atoms with E-state index in [4.69, 9.17) is 10.1 Å². The second kappa shape index (κ2) is 15.8. The molecule has 0 fully saturated rings. The number of pyridine rings is 1. The van der Waals surface area contributed by atoms with E-state index in [1.165, 1.54) is 4.47 Å². The van der Waals surface area contributed by atoms with E-state index in [9.17, 15) is 8.42 Å². The topological polar surface area (TPSA) is 120 Å². The Bertz CT molecular complexity index is 1020. The number of hydrogen-bond donors (Lipinski definition) is 2. The van der Waals surface area contributed by atoms with Crippen LogP contribution in [0.3, 0.4) is 0 Å². The summed E-state index contributed by atoms with van der Waals surface area (Å²) in [6.07, 6.45) is 10.8. The molecule has 1 aromatic heterocycles. The van der Waals surface area contributed by atoms with Crippen LogP contribution in [0.1, 0.15) is 57.9 Å². The molecule has 2 aromatic rings. The average Bonchev–Trinajstić information content (AvgIpc) is 2.85. The Morgan fingerprint density at radius 3 is 2.37 bits per heavy atom. The van der Waals surface area contributed by atoms with Crippen LogP contribution in [0.25, 0.3) is 0 Å². The summed E-state index contributed by atoms with van der Waals surface area (Å²) < 4.78 is 26.5. The summed E-state index contributed by atoms with van der Waals surface area (Å²) in [5, 5.41) is 14.5. The van der Waals surface area contributed by atoms with Gasteiger partial charge in [0.15, 0.2) is 0 Å². The van der Waals surface area contributed by atoms with E-state index in [0.717, 1.165) is 49.8 Å². The summed E-state index contributed by atoms with van der Waals surface area (Å²) in [6.45, 7) is 4.62. The molecule has 0 aliphatic rings. The number of nitrogens with zero attached hydrogens (tertiary/aromatic N) is 4. The number of hydrogen-bond acceptors (Lipinski definition) is 6. The van der Waals surface area contributed by atoms with E-state index >= 15 is 0 Å². The summed E-state index contributed by atoms with van der Waals surface area (Å²) >= 11 is 0. The van der Waals surface area contributed by atoms with Gasteiger partial charge in [0.25, 0.3) is 0 Å². The molecule has 0 spiro atoms. The molecule has 1 aromatic carbocycles. The number of rotatable bonds is 15. The predicted octanol–water partition coefficient (Wildman–Crippen LogP) is 4.43. The lowest BCUT2D eigenvalue weighted by atomic mass is 10.1. The van der Waals surface area contributed by atoms with E-state index in [1.807, 2.05) is 30.3 Å². The minimum Gasteiger partial charge on any atom is -0.355 e. The maximum atomic E-state index is 12.7. The van der Waals surface area contributed by atoms with Gasteiger partial charge in [-0.05, 0) is 44.4 Å². The fraction of sp³-hybridized carbons (Fsp3) is 0.480. The van der Waals surface area contributed by atoms with Crippen molar-refractivity contribution in [1.82, 2.24) is 14.8 Å². The number of aromatic nitrogens is 1. The molecule has 0 atom stereocenters. The highest BCUT2D eigenvalue weighted by molar-refractivity contribution is 7.89. The normalized spacial score (nSPS) is 12.0. The minimum atomic E-state index is -3.49. The standard InChI is InChI=1S/C25H36N6O3S/c1-22(2)35(32,33)31(34-20-23-12-8-7-9-13-23)19-11-6-4-3-5-10-16-28-25(29-21-26)30-24-14-17-27-18-15-24/h7-9,12-15,17-18,22H,3-6,10-11,16,19-20H2,1-2H3,(H2,27,28,29,30). The first-order valence-electron chi connectivity index (χ1n) is 12.0. The SMILES string of the molecule is CC(C)S(=O)(=O)N(CCCCCCCCN/C(=N\C#N)Nc1ccncc1)OCc1ccccc1. The van der Waals surface area contributed by atoms with Gasteiger partial charge in [-0.15, -0.1) is 4.99 Å². The van der Waals surface area contributed by atoms with E-state index < -0.39 is 15.3 Å². The highest BCUT2D eigenvalue weighted by Crippen LogP contribution is 2.15. The fourth-order valence-corrected chi connectivity index (χ4v) is 4.29. The van der Waals surface area contributed by atoms with Gasteiger partial charge in [0, 0.05) is 31.2 Å². The zero-order valence-electron chi connectivity index (χ0n) is 20.6. The number of unbranched alkanes of at least 4 members (excludes halogenated alkanes) is 5. The van der Waals surface area contributed by atoms with Crippen molar-refractivity contribution in [2.24, 2.45) is 4.99 Å². The first-order chi connectivity index (χ1) is 16.9. The molecule has 0 aliphatic heterocycles. The third-order valence-electron chi connectivity index (χ3n) is 5.26. The van der Waals surface area contributed by atoms with Crippen molar-refractivity contribution in [2.75, 3.05) is 18.4 Å². The van der Waals surface area contributed by atoms with Gasteiger partial charge in [-0.3, -0.25) is 9.82 Å². The number of guanidine groups is 1. The first kappa shape index (κ1) is 28.2. The van der Waals surface area contributed by atoms with Gasteiger partial charge in [0.1, 0.15) is 0 Å². The molecular formula is C25H36N6O3S. The van der Waals surface area contributed by atoms with Gasteiger partial charge >= 0.3 is 0 Å². The second-order valence-electron chi connectivity index (χ2n) is 8.35. The van der Waals surface area contributed by atoms with Crippen molar-refractivity contribution in [2.45, 2.75) is 64.2 Å².